The van der Waals surface area contributed by atoms with Gasteiger partial charge in [0.2, 0.25) is 0 Å². The number of halogens is 2. The summed E-state index contributed by atoms with van der Waals surface area (Å²) in [4.78, 5) is 0. The fraction of sp³-hybridized carbons (Fsp3) is 0.600. The molecule has 2 rings (SSSR count). The van der Waals surface area contributed by atoms with Gasteiger partial charge in [0.15, 0.2) is 0 Å². The lowest BCUT2D eigenvalue weighted by molar-refractivity contribution is 0.163. The highest BCUT2D eigenvalue weighted by Gasteiger charge is 2.36. The van der Waals surface area contributed by atoms with Crippen molar-refractivity contribution >= 4 is 15.9 Å². The van der Waals surface area contributed by atoms with Crippen LogP contribution in [0.5, 0.6) is 0 Å². The van der Waals surface area contributed by atoms with Crippen LogP contribution >= 0.6 is 15.9 Å². The molecule has 3 atom stereocenters. The second-order valence-electron chi connectivity index (χ2n) is 5.97. The van der Waals surface area contributed by atoms with Gasteiger partial charge >= 0.3 is 0 Å². The van der Waals surface area contributed by atoms with E-state index in [1.54, 1.807) is 6.07 Å². The van der Waals surface area contributed by atoms with Crippen molar-refractivity contribution in [1.82, 2.24) is 0 Å². The summed E-state index contributed by atoms with van der Waals surface area (Å²) in [5.41, 5.74) is 7.37. The van der Waals surface area contributed by atoms with E-state index in [1.165, 1.54) is 18.9 Å². The van der Waals surface area contributed by atoms with E-state index in [0.717, 1.165) is 28.8 Å². The normalized spacial score (nSPS) is 32.5. The standard InChI is InChI=1S/C15H21BrFN/c1-10-3-4-15(18,11(2)5-10)9-12-6-13(16)8-14(17)7-12/h6-8,10-11H,3-5,9,18H2,1-2H3. The largest absolute Gasteiger partial charge is 0.325 e. The summed E-state index contributed by atoms with van der Waals surface area (Å²) >= 11 is 3.34. The molecule has 3 heteroatoms. The third-order valence-electron chi connectivity index (χ3n) is 4.30. The van der Waals surface area contributed by atoms with Crippen LogP contribution < -0.4 is 5.73 Å². The Bertz CT molecular complexity index is 414. The molecule has 0 aromatic heterocycles. The number of benzene rings is 1. The third-order valence-corrected chi connectivity index (χ3v) is 4.75. The van der Waals surface area contributed by atoms with E-state index < -0.39 is 0 Å². The van der Waals surface area contributed by atoms with Crippen molar-refractivity contribution in [2.75, 3.05) is 0 Å². The molecule has 2 N–H and O–H groups in total. The number of nitrogens with two attached hydrogens (primary N) is 1. The Labute approximate surface area is 117 Å². The first-order valence-corrected chi connectivity index (χ1v) is 7.42. The minimum atomic E-state index is -0.195. The topological polar surface area (TPSA) is 26.0 Å². The van der Waals surface area contributed by atoms with Crippen LogP contribution in [0.4, 0.5) is 4.39 Å². The Morgan fingerprint density at radius 2 is 2.11 bits per heavy atom. The summed E-state index contributed by atoms with van der Waals surface area (Å²) in [5.74, 6) is 1.05. The van der Waals surface area contributed by atoms with Gasteiger partial charge in [0, 0.05) is 10.0 Å². The Balaban J connectivity index is 2.16. The zero-order valence-electron chi connectivity index (χ0n) is 11.0. The molecule has 1 aliphatic rings. The Hall–Kier alpha value is -0.410. The zero-order valence-corrected chi connectivity index (χ0v) is 12.6. The van der Waals surface area contributed by atoms with Gasteiger partial charge in [0.05, 0.1) is 0 Å². The van der Waals surface area contributed by atoms with E-state index in [1.807, 2.05) is 6.07 Å². The summed E-state index contributed by atoms with van der Waals surface area (Å²) in [6.45, 7) is 4.51. The molecule has 0 radical (unpaired) electrons. The molecule has 1 fully saturated rings. The van der Waals surface area contributed by atoms with E-state index in [-0.39, 0.29) is 11.4 Å². The molecule has 0 spiro atoms. The lowest BCUT2D eigenvalue weighted by Crippen LogP contribution is -2.51. The maximum Gasteiger partial charge on any atom is 0.124 e. The predicted molar refractivity (Wildman–Crippen MR) is 76.9 cm³/mol. The first-order valence-electron chi connectivity index (χ1n) is 6.63. The van der Waals surface area contributed by atoms with Gasteiger partial charge in [-0.3, -0.25) is 0 Å². The Kier molecular flexibility index (Phi) is 4.12. The molecular formula is C15H21BrFN. The second-order valence-corrected chi connectivity index (χ2v) is 6.88. The van der Waals surface area contributed by atoms with Gasteiger partial charge in [-0.15, -0.1) is 0 Å². The first-order chi connectivity index (χ1) is 8.39. The van der Waals surface area contributed by atoms with Gasteiger partial charge in [-0.2, -0.15) is 0 Å². The highest BCUT2D eigenvalue weighted by molar-refractivity contribution is 9.10. The van der Waals surface area contributed by atoms with Crippen LogP contribution in [0.3, 0.4) is 0 Å². The van der Waals surface area contributed by atoms with Crippen LogP contribution in [0, 0.1) is 17.7 Å². The first kappa shape index (κ1) is 14.0. The van der Waals surface area contributed by atoms with Gasteiger partial charge in [0.25, 0.3) is 0 Å². The van der Waals surface area contributed by atoms with Crippen molar-refractivity contribution in [1.29, 1.82) is 0 Å². The molecular weight excluding hydrogens is 293 g/mol. The van der Waals surface area contributed by atoms with Gasteiger partial charge < -0.3 is 5.73 Å². The van der Waals surface area contributed by atoms with Crippen molar-refractivity contribution in [3.63, 3.8) is 0 Å². The number of hydrogen-bond donors (Lipinski definition) is 1. The average Bonchev–Trinajstić information content (AvgIpc) is 2.23. The van der Waals surface area contributed by atoms with Crippen molar-refractivity contribution in [2.24, 2.45) is 17.6 Å². The van der Waals surface area contributed by atoms with E-state index in [2.05, 4.69) is 29.8 Å². The minimum absolute atomic E-state index is 0.181. The monoisotopic (exact) mass is 313 g/mol. The summed E-state index contributed by atoms with van der Waals surface area (Å²) < 4.78 is 14.2. The van der Waals surface area contributed by atoms with Crippen molar-refractivity contribution in [3.05, 3.63) is 34.1 Å². The molecule has 1 aliphatic carbocycles. The summed E-state index contributed by atoms with van der Waals surface area (Å²) in [5, 5.41) is 0. The van der Waals surface area contributed by atoms with Crippen LogP contribution in [-0.2, 0) is 6.42 Å². The van der Waals surface area contributed by atoms with Gasteiger partial charge in [0.1, 0.15) is 5.82 Å². The fourth-order valence-corrected chi connectivity index (χ4v) is 3.59. The van der Waals surface area contributed by atoms with E-state index in [4.69, 9.17) is 5.73 Å². The number of rotatable bonds is 2. The summed E-state index contributed by atoms with van der Waals surface area (Å²) in [7, 11) is 0. The van der Waals surface area contributed by atoms with Crippen molar-refractivity contribution in [2.45, 2.75) is 45.1 Å². The summed E-state index contributed by atoms with van der Waals surface area (Å²) in [6, 6.07) is 5.06. The highest BCUT2D eigenvalue weighted by Crippen LogP contribution is 2.37. The summed E-state index contributed by atoms with van der Waals surface area (Å²) in [6.07, 6.45) is 4.14. The van der Waals surface area contributed by atoms with Crippen molar-refractivity contribution in [3.8, 4) is 0 Å². The Morgan fingerprint density at radius 3 is 2.72 bits per heavy atom. The molecule has 100 valence electrons. The van der Waals surface area contributed by atoms with Gasteiger partial charge in [-0.25, -0.2) is 4.39 Å². The van der Waals surface area contributed by atoms with E-state index in [9.17, 15) is 4.39 Å². The quantitative estimate of drug-likeness (QED) is 0.866. The smallest absolute Gasteiger partial charge is 0.124 e. The van der Waals surface area contributed by atoms with E-state index >= 15 is 0 Å². The third kappa shape index (κ3) is 3.12. The molecule has 0 amide bonds. The molecule has 1 aromatic carbocycles. The number of hydrogen-bond acceptors (Lipinski definition) is 1. The Morgan fingerprint density at radius 1 is 1.39 bits per heavy atom. The van der Waals surface area contributed by atoms with Gasteiger partial charge in [-0.05, 0) is 61.3 Å². The van der Waals surface area contributed by atoms with Crippen molar-refractivity contribution < 1.29 is 4.39 Å². The molecule has 3 unspecified atom stereocenters. The molecule has 0 saturated heterocycles. The highest BCUT2D eigenvalue weighted by atomic mass is 79.9. The lowest BCUT2D eigenvalue weighted by Gasteiger charge is -2.42. The molecule has 1 aromatic rings. The van der Waals surface area contributed by atoms with Gasteiger partial charge in [-0.1, -0.05) is 29.8 Å². The maximum atomic E-state index is 13.4. The van der Waals surface area contributed by atoms with Crippen LogP contribution in [-0.4, -0.2) is 5.54 Å². The fourth-order valence-electron chi connectivity index (χ4n) is 3.07. The SMILES string of the molecule is CC1CCC(N)(Cc2cc(F)cc(Br)c2)C(C)C1. The molecule has 0 aliphatic heterocycles. The molecule has 1 saturated carbocycles. The maximum absolute atomic E-state index is 13.4. The van der Waals surface area contributed by atoms with Crippen LogP contribution in [0.15, 0.2) is 22.7 Å². The molecule has 0 heterocycles. The second kappa shape index (κ2) is 5.30. The van der Waals surface area contributed by atoms with Crippen LogP contribution in [0.1, 0.15) is 38.7 Å². The minimum Gasteiger partial charge on any atom is -0.325 e. The van der Waals surface area contributed by atoms with Crippen LogP contribution in [0.2, 0.25) is 0 Å². The molecule has 0 bridgehead atoms. The molecule has 18 heavy (non-hydrogen) atoms. The van der Waals surface area contributed by atoms with E-state index in [0.29, 0.717) is 5.92 Å². The predicted octanol–water partition coefficient (Wildman–Crippen LogP) is 4.28. The molecule has 1 nitrogen and oxygen atoms in total. The zero-order chi connectivity index (χ0) is 13.3. The van der Waals surface area contributed by atoms with Crippen LogP contribution in [0.25, 0.3) is 0 Å². The average molecular weight is 314 g/mol. The lowest BCUT2D eigenvalue weighted by atomic mass is 9.68.